The number of hydrogen-bond donors (Lipinski definition) is 1. The third kappa shape index (κ3) is 5.37. The zero-order valence-corrected chi connectivity index (χ0v) is 16.1. The maximum atomic E-state index is 12.9. The summed E-state index contributed by atoms with van der Waals surface area (Å²) in [5.41, 5.74) is 0.992. The SMILES string of the molecule is CCN(C(=O)c1cc(C)nc(NCCN(C)C)n1)C1CCS(=O)(=O)C1. The maximum absolute atomic E-state index is 12.9. The number of amides is 1. The Bertz CT molecular complexity index is 720. The van der Waals surface area contributed by atoms with E-state index in [4.69, 9.17) is 0 Å². The smallest absolute Gasteiger partial charge is 0.272 e. The summed E-state index contributed by atoms with van der Waals surface area (Å²) in [6.45, 7) is 5.61. The van der Waals surface area contributed by atoms with E-state index in [0.29, 0.717) is 36.8 Å². The van der Waals surface area contributed by atoms with Crippen molar-refractivity contribution in [1.82, 2.24) is 19.8 Å². The number of nitrogens with one attached hydrogen (secondary N) is 1. The van der Waals surface area contributed by atoms with Gasteiger partial charge in [-0.3, -0.25) is 4.79 Å². The Morgan fingerprint density at radius 3 is 2.64 bits per heavy atom. The molecule has 1 fully saturated rings. The molecule has 0 bridgehead atoms. The summed E-state index contributed by atoms with van der Waals surface area (Å²) in [5.74, 6) is 0.345. The molecule has 0 aliphatic carbocycles. The van der Waals surface area contributed by atoms with Gasteiger partial charge in [-0.15, -0.1) is 0 Å². The van der Waals surface area contributed by atoms with E-state index in [-0.39, 0.29) is 23.5 Å². The van der Waals surface area contributed by atoms with E-state index in [1.165, 1.54) is 0 Å². The summed E-state index contributed by atoms with van der Waals surface area (Å²) < 4.78 is 23.4. The van der Waals surface area contributed by atoms with Crippen molar-refractivity contribution in [2.75, 3.05) is 50.6 Å². The summed E-state index contributed by atoms with van der Waals surface area (Å²) >= 11 is 0. The molecule has 1 aliphatic rings. The Hall–Kier alpha value is -1.74. The number of aromatic nitrogens is 2. The Morgan fingerprint density at radius 1 is 1.36 bits per heavy atom. The lowest BCUT2D eigenvalue weighted by Crippen LogP contribution is -2.41. The fraction of sp³-hybridized carbons (Fsp3) is 0.688. The van der Waals surface area contributed by atoms with Gasteiger partial charge in [-0.2, -0.15) is 0 Å². The molecule has 9 heteroatoms. The Morgan fingerprint density at radius 2 is 2.08 bits per heavy atom. The number of carbonyl (C=O) groups is 1. The van der Waals surface area contributed by atoms with Crippen LogP contribution in [0.4, 0.5) is 5.95 Å². The second-order valence-electron chi connectivity index (χ2n) is 6.60. The standard InChI is InChI=1S/C16H27N5O3S/c1-5-21(13-6-9-25(23,24)11-13)15(22)14-10-12(2)18-16(19-14)17-7-8-20(3)4/h10,13H,5-9,11H2,1-4H3,(H,17,18,19). The van der Waals surface area contributed by atoms with Crippen LogP contribution in [0.2, 0.25) is 0 Å². The molecule has 0 aromatic carbocycles. The van der Waals surface area contributed by atoms with E-state index in [9.17, 15) is 13.2 Å². The van der Waals surface area contributed by atoms with Gasteiger partial charge in [0.25, 0.3) is 5.91 Å². The molecule has 0 spiro atoms. The van der Waals surface area contributed by atoms with Crippen molar-refractivity contribution >= 4 is 21.7 Å². The van der Waals surface area contributed by atoms with Gasteiger partial charge < -0.3 is 15.1 Å². The van der Waals surface area contributed by atoms with Gasteiger partial charge in [-0.1, -0.05) is 0 Å². The Labute approximate surface area is 149 Å². The van der Waals surface area contributed by atoms with Crippen LogP contribution in [-0.4, -0.2) is 85.4 Å². The molecular weight excluding hydrogens is 342 g/mol. The zero-order chi connectivity index (χ0) is 18.6. The highest BCUT2D eigenvalue weighted by Crippen LogP contribution is 2.20. The van der Waals surface area contributed by atoms with Gasteiger partial charge >= 0.3 is 0 Å². The largest absolute Gasteiger partial charge is 0.353 e. The summed E-state index contributed by atoms with van der Waals surface area (Å²) in [4.78, 5) is 25.1. The topological polar surface area (TPSA) is 95.5 Å². The molecule has 1 aliphatic heterocycles. The summed E-state index contributed by atoms with van der Waals surface area (Å²) in [7, 11) is 0.903. The lowest BCUT2D eigenvalue weighted by Gasteiger charge is -2.26. The van der Waals surface area contributed by atoms with E-state index in [1.807, 2.05) is 32.8 Å². The van der Waals surface area contributed by atoms with Crippen LogP contribution >= 0.6 is 0 Å². The van der Waals surface area contributed by atoms with Gasteiger partial charge in [0.15, 0.2) is 9.84 Å². The second-order valence-corrected chi connectivity index (χ2v) is 8.82. The number of hydrogen-bond acceptors (Lipinski definition) is 7. The summed E-state index contributed by atoms with van der Waals surface area (Å²) in [6.07, 6.45) is 0.486. The number of rotatable bonds is 7. The molecule has 2 rings (SSSR count). The van der Waals surface area contributed by atoms with E-state index < -0.39 is 9.84 Å². The molecular formula is C16H27N5O3S. The molecule has 1 aromatic rings. The molecule has 0 saturated carbocycles. The zero-order valence-electron chi connectivity index (χ0n) is 15.3. The maximum Gasteiger partial charge on any atom is 0.272 e. The Kier molecular flexibility index (Phi) is 6.34. The lowest BCUT2D eigenvalue weighted by molar-refractivity contribution is 0.0702. The van der Waals surface area contributed by atoms with Crippen LogP contribution in [0.3, 0.4) is 0 Å². The predicted octanol–water partition coefficient (Wildman–Crippen LogP) is 0.408. The molecule has 0 radical (unpaired) electrons. The molecule has 2 heterocycles. The highest BCUT2D eigenvalue weighted by Gasteiger charge is 2.34. The molecule has 140 valence electrons. The number of sulfone groups is 1. The quantitative estimate of drug-likeness (QED) is 0.743. The van der Waals surface area contributed by atoms with E-state index in [0.717, 1.165) is 6.54 Å². The molecule has 1 amide bonds. The van der Waals surface area contributed by atoms with Crippen molar-refractivity contribution in [1.29, 1.82) is 0 Å². The molecule has 1 unspecified atom stereocenters. The highest BCUT2D eigenvalue weighted by atomic mass is 32.2. The van der Waals surface area contributed by atoms with Gasteiger partial charge in [-0.05, 0) is 40.4 Å². The minimum atomic E-state index is -3.05. The highest BCUT2D eigenvalue weighted by molar-refractivity contribution is 7.91. The van der Waals surface area contributed by atoms with Crippen LogP contribution in [0.25, 0.3) is 0 Å². The first kappa shape index (κ1) is 19.6. The van der Waals surface area contributed by atoms with Gasteiger partial charge in [0.2, 0.25) is 5.95 Å². The molecule has 25 heavy (non-hydrogen) atoms. The van der Waals surface area contributed by atoms with Crippen LogP contribution in [0, 0.1) is 6.92 Å². The average molecular weight is 369 g/mol. The van der Waals surface area contributed by atoms with Crippen molar-refractivity contribution in [2.24, 2.45) is 0 Å². The van der Waals surface area contributed by atoms with Crippen LogP contribution in [0.1, 0.15) is 29.5 Å². The second kappa shape index (κ2) is 8.09. The van der Waals surface area contributed by atoms with Crippen molar-refractivity contribution in [3.05, 3.63) is 17.5 Å². The molecule has 1 aromatic heterocycles. The number of anilines is 1. The third-order valence-corrected chi connectivity index (χ3v) is 5.92. The van der Waals surface area contributed by atoms with E-state index >= 15 is 0 Å². The van der Waals surface area contributed by atoms with Crippen molar-refractivity contribution in [3.8, 4) is 0 Å². The minimum absolute atomic E-state index is 0.0323. The minimum Gasteiger partial charge on any atom is -0.353 e. The molecule has 1 N–H and O–H groups in total. The Balaban J connectivity index is 2.15. The predicted molar refractivity (Wildman–Crippen MR) is 97.6 cm³/mol. The monoisotopic (exact) mass is 369 g/mol. The fourth-order valence-corrected chi connectivity index (χ4v) is 4.62. The van der Waals surface area contributed by atoms with Crippen LogP contribution in [0.15, 0.2) is 6.07 Å². The van der Waals surface area contributed by atoms with Crippen LogP contribution in [-0.2, 0) is 9.84 Å². The lowest BCUT2D eigenvalue weighted by atomic mass is 10.2. The van der Waals surface area contributed by atoms with Gasteiger partial charge in [0.05, 0.1) is 11.5 Å². The average Bonchev–Trinajstić information content (AvgIpc) is 2.87. The van der Waals surface area contributed by atoms with Crippen LogP contribution < -0.4 is 5.32 Å². The first-order valence-electron chi connectivity index (χ1n) is 8.47. The number of carbonyl (C=O) groups excluding carboxylic acids is 1. The van der Waals surface area contributed by atoms with Crippen molar-refractivity contribution < 1.29 is 13.2 Å². The molecule has 1 atom stereocenters. The fourth-order valence-electron chi connectivity index (χ4n) is 2.88. The van der Waals surface area contributed by atoms with Crippen LogP contribution in [0.5, 0.6) is 0 Å². The first-order valence-corrected chi connectivity index (χ1v) is 10.3. The van der Waals surface area contributed by atoms with Crippen molar-refractivity contribution in [2.45, 2.75) is 26.3 Å². The summed E-state index contributed by atoms with van der Waals surface area (Å²) in [5, 5.41) is 3.12. The number of nitrogens with zero attached hydrogens (tertiary/aromatic N) is 4. The molecule has 8 nitrogen and oxygen atoms in total. The first-order chi connectivity index (χ1) is 11.7. The van der Waals surface area contributed by atoms with E-state index in [2.05, 4.69) is 15.3 Å². The summed E-state index contributed by atoms with van der Waals surface area (Å²) in [6, 6.07) is 1.37. The normalized spacial score (nSPS) is 19.2. The van der Waals surface area contributed by atoms with Crippen molar-refractivity contribution in [3.63, 3.8) is 0 Å². The third-order valence-electron chi connectivity index (χ3n) is 4.17. The number of likely N-dealkylation sites (N-methyl/N-ethyl adjacent to an activating group) is 1. The number of aryl methyl sites for hydroxylation is 1. The van der Waals surface area contributed by atoms with E-state index in [1.54, 1.807) is 11.0 Å². The van der Waals surface area contributed by atoms with Gasteiger partial charge in [0.1, 0.15) is 5.69 Å². The van der Waals surface area contributed by atoms with Gasteiger partial charge in [-0.25, -0.2) is 18.4 Å². The molecule has 1 saturated heterocycles. The van der Waals surface area contributed by atoms with Gasteiger partial charge in [0, 0.05) is 31.4 Å².